The first-order chi connectivity index (χ1) is 15.9. The molecule has 0 bridgehead atoms. The van der Waals surface area contributed by atoms with Crippen molar-refractivity contribution >= 4 is 17.0 Å². The number of rotatable bonds is 8. The number of halogens is 3. The highest BCUT2D eigenvalue weighted by molar-refractivity contribution is 7.11. The molecular formula is C26H34F3N3S. The summed E-state index contributed by atoms with van der Waals surface area (Å²) in [6.07, 6.45) is 3.49. The van der Waals surface area contributed by atoms with Gasteiger partial charge in [0.25, 0.3) is 0 Å². The second-order valence-corrected chi connectivity index (χ2v) is 10.1. The summed E-state index contributed by atoms with van der Waals surface area (Å²) in [5, 5.41) is 5.39. The summed E-state index contributed by atoms with van der Waals surface area (Å²) in [4.78, 5) is 6.32. The van der Waals surface area contributed by atoms with E-state index in [4.69, 9.17) is 0 Å². The molecule has 7 heteroatoms. The van der Waals surface area contributed by atoms with Crippen LogP contribution >= 0.6 is 11.3 Å². The summed E-state index contributed by atoms with van der Waals surface area (Å²) in [5.41, 5.74) is 1.96. The Morgan fingerprint density at radius 1 is 1.00 bits per heavy atom. The largest absolute Gasteiger partial charge is 0.416 e. The van der Waals surface area contributed by atoms with Gasteiger partial charge in [0.2, 0.25) is 0 Å². The molecule has 1 aromatic carbocycles. The highest BCUT2D eigenvalue weighted by Crippen LogP contribution is 2.33. The van der Waals surface area contributed by atoms with Gasteiger partial charge in [-0.25, -0.2) is 0 Å². The Balaban J connectivity index is 1.17. The van der Waals surface area contributed by atoms with Crippen LogP contribution in [0.25, 0.3) is 16.8 Å². The van der Waals surface area contributed by atoms with Crippen molar-refractivity contribution in [2.24, 2.45) is 0 Å². The molecule has 2 aliphatic rings. The minimum Gasteiger partial charge on any atom is -0.384 e. The molecule has 2 aromatic rings. The van der Waals surface area contributed by atoms with Gasteiger partial charge in [0.15, 0.2) is 0 Å². The number of benzene rings is 1. The Morgan fingerprint density at radius 3 is 2.36 bits per heavy atom. The zero-order chi connectivity index (χ0) is 23.3. The Bertz CT molecular complexity index is 892. The van der Waals surface area contributed by atoms with E-state index in [1.807, 2.05) is 11.4 Å². The number of thiophene rings is 1. The molecule has 1 N–H and O–H groups in total. The van der Waals surface area contributed by atoms with Crippen molar-refractivity contribution in [1.29, 1.82) is 0 Å². The minimum absolute atomic E-state index is 0.622. The van der Waals surface area contributed by atoms with E-state index < -0.39 is 11.7 Å². The highest BCUT2D eigenvalue weighted by Gasteiger charge is 2.30. The molecule has 0 radical (unpaired) electrons. The van der Waals surface area contributed by atoms with Crippen LogP contribution in [0.15, 0.2) is 42.3 Å². The third-order valence-corrected chi connectivity index (χ3v) is 7.89. The predicted molar refractivity (Wildman–Crippen MR) is 131 cm³/mol. The van der Waals surface area contributed by atoms with Crippen molar-refractivity contribution in [3.05, 3.63) is 52.7 Å². The molecular weight excluding hydrogens is 443 g/mol. The first kappa shape index (κ1) is 24.3. The van der Waals surface area contributed by atoms with Crippen LogP contribution in [-0.4, -0.2) is 55.1 Å². The van der Waals surface area contributed by atoms with Gasteiger partial charge in [-0.05, 0) is 99.5 Å². The summed E-state index contributed by atoms with van der Waals surface area (Å²) in [6.45, 7) is 11.1. The fourth-order valence-corrected chi connectivity index (χ4v) is 5.79. The van der Waals surface area contributed by atoms with Crippen molar-refractivity contribution in [3.63, 3.8) is 0 Å². The lowest BCUT2D eigenvalue weighted by Gasteiger charge is -2.40. The first-order valence-electron chi connectivity index (χ1n) is 12.1. The fraction of sp³-hybridized carbons (Fsp3) is 0.538. The molecule has 0 atom stereocenters. The summed E-state index contributed by atoms with van der Waals surface area (Å²) in [5.74, 6) is 0. The summed E-state index contributed by atoms with van der Waals surface area (Å²) in [7, 11) is 0. The number of alkyl halides is 3. The summed E-state index contributed by atoms with van der Waals surface area (Å²) < 4.78 is 38.3. The highest BCUT2D eigenvalue weighted by atomic mass is 32.1. The van der Waals surface area contributed by atoms with E-state index in [1.165, 1.54) is 70.4 Å². The van der Waals surface area contributed by atoms with Crippen molar-refractivity contribution in [3.8, 4) is 11.1 Å². The molecule has 4 rings (SSSR count). The lowest BCUT2D eigenvalue weighted by atomic mass is 10.00. The smallest absolute Gasteiger partial charge is 0.384 e. The molecule has 180 valence electrons. The van der Waals surface area contributed by atoms with Gasteiger partial charge in [0, 0.05) is 18.3 Å². The van der Waals surface area contributed by atoms with E-state index in [0.29, 0.717) is 0 Å². The van der Waals surface area contributed by atoms with Crippen LogP contribution in [0.1, 0.15) is 49.0 Å². The molecule has 0 unspecified atom stereocenters. The average molecular weight is 478 g/mol. The lowest BCUT2D eigenvalue weighted by Crippen LogP contribution is -2.47. The molecule has 1 aromatic heterocycles. The van der Waals surface area contributed by atoms with Crippen molar-refractivity contribution in [1.82, 2.24) is 15.1 Å². The van der Waals surface area contributed by atoms with E-state index in [2.05, 4.69) is 21.7 Å². The van der Waals surface area contributed by atoms with Crippen LogP contribution in [0.3, 0.4) is 0 Å². The number of hydrogen-bond donors (Lipinski definition) is 1. The Morgan fingerprint density at radius 2 is 1.70 bits per heavy atom. The zero-order valence-electron chi connectivity index (χ0n) is 19.2. The average Bonchev–Trinajstić information content (AvgIpc) is 3.33. The molecule has 3 nitrogen and oxygen atoms in total. The van der Waals surface area contributed by atoms with Crippen LogP contribution in [0, 0.1) is 0 Å². The molecule has 2 fully saturated rings. The third kappa shape index (κ3) is 6.61. The SMILES string of the molecule is C=C(NCCCN1CCC(N2CCCCC2)CC1)c1cc(-c2ccc(C(F)(F)F)cc2)cs1. The van der Waals surface area contributed by atoms with E-state index in [9.17, 15) is 13.2 Å². The van der Waals surface area contributed by atoms with Gasteiger partial charge >= 0.3 is 6.18 Å². The molecule has 0 aliphatic carbocycles. The van der Waals surface area contributed by atoms with E-state index in [0.717, 1.165) is 59.4 Å². The maximum absolute atomic E-state index is 12.8. The number of hydrogen-bond acceptors (Lipinski definition) is 4. The molecule has 2 saturated heterocycles. The maximum atomic E-state index is 12.8. The van der Waals surface area contributed by atoms with E-state index in [-0.39, 0.29) is 0 Å². The van der Waals surface area contributed by atoms with Crippen LogP contribution in [0.2, 0.25) is 0 Å². The Labute approximate surface area is 199 Å². The molecule has 0 spiro atoms. The lowest BCUT2D eigenvalue weighted by molar-refractivity contribution is -0.137. The Hall–Kier alpha value is -1.83. The fourth-order valence-electron chi connectivity index (χ4n) is 4.92. The number of piperidine rings is 2. The van der Waals surface area contributed by atoms with Crippen molar-refractivity contribution < 1.29 is 13.2 Å². The monoisotopic (exact) mass is 477 g/mol. The molecule has 33 heavy (non-hydrogen) atoms. The van der Waals surface area contributed by atoms with Gasteiger partial charge in [-0.3, -0.25) is 0 Å². The third-order valence-electron chi connectivity index (χ3n) is 6.90. The standard InChI is InChI=1S/C26H34F3N3S/c1-20(25-18-22(19-33-25)21-6-8-23(9-7-21)26(27,28)29)30-12-5-13-31-16-10-24(11-17-31)32-14-3-2-4-15-32/h6-9,18-19,24,30H,1-5,10-17H2. The number of nitrogens with zero attached hydrogens (tertiary/aromatic N) is 2. The zero-order valence-corrected chi connectivity index (χ0v) is 20.0. The maximum Gasteiger partial charge on any atom is 0.416 e. The first-order valence-corrected chi connectivity index (χ1v) is 12.9. The predicted octanol–water partition coefficient (Wildman–Crippen LogP) is 6.33. The topological polar surface area (TPSA) is 18.5 Å². The van der Waals surface area contributed by atoms with Crippen LogP contribution in [-0.2, 0) is 6.18 Å². The van der Waals surface area contributed by atoms with Crippen LogP contribution in [0.4, 0.5) is 13.2 Å². The molecule has 3 heterocycles. The quantitative estimate of drug-likeness (QED) is 0.448. The second-order valence-electron chi connectivity index (χ2n) is 9.20. The van der Waals surface area contributed by atoms with Crippen LogP contribution in [0.5, 0.6) is 0 Å². The van der Waals surface area contributed by atoms with Gasteiger partial charge in [-0.15, -0.1) is 11.3 Å². The molecule has 0 amide bonds. The number of nitrogens with one attached hydrogen (secondary N) is 1. The van der Waals surface area contributed by atoms with Crippen molar-refractivity contribution in [2.75, 3.05) is 39.3 Å². The van der Waals surface area contributed by atoms with Crippen LogP contribution < -0.4 is 5.32 Å². The second kappa shape index (κ2) is 11.1. The summed E-state index contributed by atoms with van der Waals surface area (Å²) in [6, 6.07) is 8.11. The molecule has 2 aliphatic heterocycles. The van der Waals surface area contributed by atoms with Crippen molar-refractivity contribution in [2.45, 2.75) is 50.7 Å². The van der Waals surface area contributed by atoms with Gasteiger partial charge in [-0.1, -0.05) is 25.1 Å². The molecule has 0 saturated carbocycles. The van der Waals surface area contributed by atoms with E-state index >= 15 is 0 Å². The minimum atomic E-state index is -4.31. The van der Waals surface area contributed by atoms with Gasteiger partial charge in [0.05, 0.1) is 10.4 Å². The normalized spacial score (nSPS) is 19.0. The number of likely N-dealkylation sites (tertiary alicyclic amines) is 2. The van der Waals surface area contributed by atoms with E-state index in [1.54, 1.807) is 11.3 Å². The Kier molecular flexibility index (Phi) is 8.15. The van der Waals surface area contributed by atoms with Gasteiger partial charge in [-0.2, -0.15) is 13.2 Å². The van der Waals surface area contributed by atoms with Gasteiger partial charge in [0.1, 0.15) is 0 Å². The van der Waals surface area contributed by atoms with Gasteiger partial charge < -0.3 is 15.1 Å². The summed E-state index contributed by atoms with van der Waals surface area (Å²) >= 11 is 1.56.